The van der Waals surface area contributed by atoms with Crippen LogP contribution in [-0.2, 0) is 23.5 Å². The molecule has 0 fully saturated rings. The number of hydrogen-bond donors (Lipinski definition) is 1. The van der Waals surface area contributed by atoms with Gasteiger partial charge in [-0.15, -0.1) is 11.6 Å². The summed E-state index contributed by atoms with van der Waals surface area (Å²) in [6.45, 7) is 1.90. The van der Waals surface area contributed by atoms with E-state index in [2.05, 4.69) is 6.07 Å². The van der Waals surface area contributed by atoms with Crippen molar-refractivity contribution >= 4 is 17.6 Å². The molecule has 0 bridgehead atoms. The Labute approximate surface area is 99.3 Å². The molecule has 0 amide bonds. The summed E-state index contributed by atoms with van der Waals surface area (Å²) in [5, 5.41) is 17.8. The molecule has 16 heavy (non-hydrogen) atoms. The Kier molecular flexibility index (Phi) is 4.33. The van der Waals surface area contributed by atoms with Crippen molar-refractivity contribution in [1.29, 1.82) is 5.26 Å². The third-order valence-corrected chi connectivity index (χ3v) is 2.76. The number of benzene rings is 1. The summed E-state index contributed by atoms with van der Waals surface area (Å²) in [5.74, 6) is -0.641. The molecule has 0 aliphatic heterocycles. The maximum atomic E-state index is 10.8. The van der Waals surface area contributed by atoms with Gasteiger partial charge in [0.2, 0.25) is 0 Å². The van der Waals surface area contributed by atoms with Gasteiger partial charge >= 0.3 is 5.97 Å². The zero-order chi connectivity index (χ0) is 12.1. The third-order valence-electron chi connectivity index (χ3n) is 2.47. The first-order valence-corrected chi connectivity index (χ1v) is 5.49. The topological polar surface area (TPSA) is 61.1 Å². The molecule has 0 radical (unpaired) electrons. The highest BCUT2D eigenvalue weighted by Gasteiger charge is 2.14. The highest BCUT2D eigenvalue weighted by atomic mass is 35.5. The Morgan fingerprint density at radius 2 is 2.19 bits per heavy atom. The van der Waals surface area contributed by atoms with Gasteiger partial charge in [0.25, 0.3) is 0 Å². The number of aliphatic carboxylic acids is 1. The van der Waals surface area contributed by atoms with Crippen molar-refractivity contribution in [2.24, 2.45) is 0 Å². The Morgan fingerprint density at radius 3 is 2.62 bits per heavy atom. The molecule has 4 heteroatoms. The lowest BCUT2D eigenvalue weighted by Gasteiger charge is -2.12. The van der Waals surface area contributed by atoms with Crippen LogP contribution in [0.5, 0.6) is 0 Å². The Hall–Kier alpha value is -1.53. The summed E-state index contributed by atoms with van der Waals surface area (Å²) in [4.78, 5) is 10.8. The summed E-state index contributed by atoms with van der Waals surface area (Å²) >= 11 is 5.76. The van der Waals surface area contributed by atoms with Crippen molar-refractivity contribution in [3.8, 4) is 6.07 Å². The second-order valence-corrected chi connectivity index (χ2v) is 3.67. The van der Waals surface area contributed by atoms with Crippen LogP contribution in [0.15, 0.2) is 12.1 Å². The number of nitriles is 1. The molecule has 1 aromatic rings. The van der Waals surface area contributed by atoms with Crippen molar-refractivity contribution in [3.63, 3.8) is 0 Å². The zero-order valence-corrected chi connectivity index (χ0v) is 9.71. The number of carbonyl (C=O) groups is 1. The van der Waals surface area contributed by atoms with Crippen molar-refractivity contribution in [2.75, 3.05) is 0 Å². The summed E-state index contributed by atoms with van der Waals surface area (Å²) in [7, 11) is 0. The lowest BCUT2D eigenvalue weighted by molar-refractivity contribution is -0.136. The molecule has 0 aliphatic carbocycles. The molecule has 0 saturated heterocycles. The van der Waals surface area contributed by atoms with Crippen molar-refractivity contribution < 1.29 is 9.90 Å². The largest absolute Gasteiger partial charge is 0.481 e. The average molecular weight is 238 g/mol. The fourth-order valence-electron chi connectivity index (χ4n) is 1.75. The number of alkyl halides is 1. The fraction of sp³-hybridized carbons (Fsp3) is 0.333. The number of hydrogen-bond acceptors (Lipinski definition) is 2. The first-order chi connectivity index (χ1) is 7.63. The first-order valence-electron chi connectivity index (χ1n) is 4.95. The Balaban J connectivity index is 3.37. The molecule has 0 atom stereocenters. The molecule has 3 nitrogen and oxygen atoms in total. The maximum Gasteiger partial charge on any atom is 0.307 e. The van der Waals surface area contributed by atoms with Crippen LogP contribution in [0.4, 0.5) is 0 Å². The van der Waals surface area contributed by atoms with Gasteiger partial charge in [-0.05, 0) is 29.2 Å². The Bertz CT molecular complexity index is 449. The summed E-state index contributed by atoms with van der Waals surface area (Å²) in [6.07, 6.45) is 0.553. The van der Waals surface area contributed by atoms with Gasteiger partial charge in [0, 0.05) is 5.88 Å². The quantitative estimate of drug-likeness (QED) is 0.819. The van der Waals surface area contributed by atoms with Gasteiger partial charge in [-0.25, -0.2) is 0 Å². The van der Waals surface area contributed by atoms with E-state index in [0.29, 0.717) is 17.5 Å². The number of nitrogens with zero attached hydrogens (tertiary/aromatic N) is 1. The number of halogens is 1. The van der Waals surface area contributed by atoms with E-state index in [1.165, 1.54) is 0 Å². The molecular weight excluding hydrogens is 226 g/mol. The van der Waals surface area contributed by atoms with Gasteiger partial charge < -0.3 is 5.11 Å². The molecule has 84 valence electrons. The van der Waals surface area contributed by atoms with Crippen LogP contribution < -0.4 is 0 Å². The van der Waals surface area contributed by atoms with Gasteiger partial charge in [0.1, 0.15) is 0 Å². The van der Waals surface area contributed by atoms with Crippen LogP contribution in [0.1, 0.15) is 29.2 Å². The second kappa shape index (κ2) is 5.53. The fourth-order valence-corrected chi connectivity index (χ4v) is 2.00. The molecule has 1 aromatic carbocycles. The van der Waals surface area contributed by atoms with Crippen LogP contribution in [0.2, 0.25) is 0 Å². The van der Waals surface area contributed by atoms with Crippen molar-refractivity contribution in [1.82, 2.24) is 0 Å². The van der Waals surface area contributed by atoms with E-state index in [0.717, 1.165) is 11.1 Å². The average Bonchev–Trinajstić information content (AvgIpc) is 2.27. The standard InChI is InChI=1S/C12H12ClNO2/c1-2-10-9(7-14)4-3-8(6-13)11(10)5-12(15)16/h3-4H,2,5-6H2,1H3,(H,15,16). The van der Waals surface area contributed by atoms with E-state index in [9.17, 15) is 4.79 Å². The van der Waals surface area contributed by atoms with Gasteiger partial charge in [-0.2, -0.15) is 5.26 Å². The Morgan fingerprint density at radius 1 is 1.50 bits per heavy atom. The highest BCUT2D eigenvalue weighted by molar-refractivity contribution is 6.17. The lowest BCUT2D eigenvalue weighted by Crippen LogP contribution is -2.08. The summed E-state index contributed by atoms with van der Waals surface area (Å²) in [6, 6.07) is 5.50. The monoisotopic (exact) mass is 237 g/mol. The minimum atomic E-state index is -0.906. The van der Waals surface area contributed by atoms with Crippen LogP contribution >= 0.6 is 11.6 Å². The number of carboxylic acids is 1. The normalized spacial score (nSPS) is 9.81. The molecule has 0 spiro atoms. The van der Waals surface area contributed by atoms with Gasteiger partial charge in [-0.3, -0.25) is 4.79 Å². The predicted molar refractivity (Wildman–Crippen MR) is 61.4 cm³/mol. The highest BCUT2D eigenvalue weighted by Crippen LogP contribution is 2.22. The minimum absolute atomic E-state index is 0.0826. The summed E-state index contributed by atoms with van der Waals surface area (Å²) < 4.78 is 0. The van der Waals surface area contributed by atoms with Crippen molar-refractivity contribution in [3.05, 3.63) is 34.4 Å². The lowest BCUT2D eigenvalue weighted by atomic mass is 9.93. The predicted octanol–water partition coefficient (Wildman–Crippen LogP) is 2.49. The molecular formula is C12H12ClNO2. The van der Waals surface area contributed by atoms with Crippen LogP contribution in [0, 0.1) is 11.3 Å². The maximum absolute atomic E-state index is 10.8. The molecule has 0 saturated carbocycles. The number of carboxylic acid groups (broad SMARTS) is 1. The second-order valence-electron chi connectivity index (χ2n) is 3.40. The zero-order valence-electron chi connectivity index (χ0n) is 8.96. The minimum Gasteiger partial charge on any atom is -0.481 e. The molecule has 0 aromatic heterocycles. The van der Waals surface area contributed by atoms with Gasteiger partial charge in [-0.1, -0.05) is 13.0 Å². The van der Waals surface area contributed by atoms with Crippen LogP contribution in [-0.4, -0.2) is 11.1 Å². The van der Waals surface area contributed by atoms with Crippen LogP contribution in [0.3, 0.4) is 0 Å². The third kappa shape index (κ3) is 2.53. The van der Waals surface area contributed by atoms with Gasteiger partial charge in [0.15, 0.2) is 0 Å². The van der Waals surface area contributed by atoms with Crippen molar-refractivity contribution in [2.45, 2.75) is 25.6 Å². The van der Waals surface area contributed by atoms with E-state index in [-0.39, 0.29) is 12.3 Å². The summed E-state index contributed by atoms with van der Waals surface area (Å²) in [5.41, 5.74) is 2.81. The van der Waals surface area contributed by atoms with E-state index in [1.54, 1.807) is 12.1 Å². The van der Waals surface area contributed by atoms with Gasteiger partial charge in [0.05, 0.1) is 18.1 Å². The van der Waals surface area contributed by atoms with E-state index >= 15 is 0 Å². The number of rotatable bonds is 4. The molecule has 0 aliphatic rings. The van der Waals surface area contributed by atoms with Crippen LogP contribution in [0.25, 0.3) is 0 Å². The first kappa shape index (κ1) is 12.5. The molecule has 0 heterocycles. The smallest absolute Gasteiger partial charge is 0.307 e. The van der Waals surface area contributed by atoms with E-state index < -0.39 is 5.97 Å². The van der Waals surface area contributed by atoms with E-state index in [1.807, 2.05) is 6.92 Å². The SMILES string of the molecule is CCc1c(C#N)ccc(CCl)c1CC(=O)O. The van der Waals surface area contributed by atoms with E-state index in [4.69, 9.17) is 22.0 Å². The molecule has 1 N–H and O–H groups in total. The molecule has 1 rings (SSSR count). The molecule has 0 unspecified atom stereocenters.